The molecule has 0 saturated carbocycles. The Morgan fingerprint density at radius 1 is 1.10 bits per heavy atom. The topological polar surface area (TPSA) is 9.23 Å². The number of rotatable bonds is 3. The Labute approximate surface area is 125 Å². The summed E-state index contributed by atoms with van der Waals surface area (Å²) in [6.07, 6.45) is 0. The van der Waals surface area contributed by atoms with E-state index in [0.717, 1.165) is 16.7 Å². The summed E-state index contributed by atoms with van der Waals surface area (Å²) in [4.78, 5) is -0.534. The van der Waals surface area contributed by atoms with Gasteiger partial charge in [0.05, 0.1) is 11.9 Å². The molecule has 0 aliphatic carbocycles. The summed E-state index contributed by atoms with van der Waals surface area (Å²) >= 11 is 3.41. The van der Waals surface area contributed by atoms with Gasteiger partial charge in [0.15, 0.2) is 0 Å². The number of hydrogen-bond donors (Lipinski definition) is 0. The highest BCUT2D eigenvalue weighted by molar-refractivity contribution is 9.09. The molecule has 0 fully saturated rings. The van der Waals surface area contributed by atoms with Gasteiger partial charge in [-0.3, -0.25) is 0 Å². The molecule has 1 unspecified atom stereocenters. The average Bonchev–Trinajstić information content (AvgIpc) is 2.40. The van der Waals surface area contributed by atoms with Crippen molar-refractivity contribution in [1.82, 2.24) is 0 Å². The zero-order valence-electron chi connectivity index (χ0n) is 11.5. The molecule has 0 saturated heterocycles. The van der Waals surface area contributed by atoms with Gasteiger partial charge in [-0.1, -0.05) is 34.1 Å². The van der Waals surface area contributed by atoms with Crippen molar-refractivity contribution in [3.05, 3.63) is 64.2 Å². The highest BCUT2D eigenvalue weighted by Gasteiger charge is 2.22. The van der Waals surface area contributed by atoms with Gasteiger partial charge >= 0.3 is 0 Å². The first kappa shape index (κ1) is 15.0. The monoisotopic (exact) mass is 340 g/mol. The third-order valence-corrected chi connectivity index (χ3v) is 4.41. The van der Waals surface area contributed by atoms with Crippen molar-refractivity contribution in [1.29, 1.82) is 0 Å². The van der Waals surface area contributed by atoms with Gasteiger partial charge in [-0.15, -0.1) is 0 Å². The van der Waals surface area contributed by atoms with Crippen LogP contribution in [-0.4, -0.2) is 7.11 Å². The number of alkyl halides is 1. The van der Waals surface area contributed by atoms with E-state index in [0.29, 0.717) is 0 Å². The second-order valence-corrected chi connectivity index (χ2v) is 5.57. The number of aryl methyl sites for hydroxylation is 1. The lowest BCUT2D eigenvalue weighted by Gasteiger charge is -2.17. The predicted octanol–water partition coefficient (Wildman–Crippen LogP) is 5.07. The summed E-state index contributed by atoms with van der Waals surface area (Å²) in [7, 11) is 1.38. The molecule has 0 heterocycles. The summed E-state index contributed by atoms with van der Waals surface area (Å²) in [5.74, 6) is -1.07. The first-order chi connectivity index (χ1) is 9.45. The molecule has 106 valence electrons. The van der Waals surface area contributed by atoms with E-state index in [1.54, 1.807) is 0 Å². The van der Waals surface area contributed by atoms with E-state index in [9.17, 15) is 8.78 Å². The number of halogens is 3. The van der Waals surface area contributed by atoms with Crippen molar-refractivity contribution < 1.29 is 13.5 Å². The lowest BCUT2D eigenvalue weighted by Crippen LogP contribution is -2.04. The maximum absolute atomic E-state index is 14.1. The number of hydrogen-bond acceptors (Lipinski definition) is 1. The maximum atomic E-state index is 14.1. The maximum Gasteiger partial charge on any atom is 0.134 e. The molecule has 1 nitrogen and oxygen atoms in total. The molecule has 0 aliphatic heterocycles. The van der Waals surface area contributed by atoms with E-state index in [1.165, 1.54) is 19.2 Å². The minimum absolute atomic E-state index is 0.000463. The van der Waals surface area contributed by atoms with E-state index < -0.39 is 16.5 Å². The van der Waals surface area contributed by atoms with Crippen LogP contribution >= 0.6 is 15.9 Å². The van der Waals surface area contributed by atoms with Crippen LogP contribution in [0.4, 0.5) is 8.78 Å². The van der Waals surface area contributed by atoms with Gasteiger partial charge in [-0.25, -0.2) is 8.78 Å². The van der Waals surface area contributed by atoms with Gasteiger partial charge < -0.3 is 4.74 Å². The third-order valence-electron chi connectivity index (χ3n) is 3.46. The van der Waals surface area contributed by atoms with Gasteiger partial charge in [0.1, 0.15) is 17.4 Å². The van der Waals surface area contributed by atoms with E-state index >= 15 is 0 Å². The zero-order chi connectivity index (χ0) is 14.9. The average molecular weight is 341 g/mol. The summed E-state index contributed by atoms with van der Waals surface area (Å²) < 4.78 is 33.1. The SMILES string of the molecule is COc1cc(F)c(C(Br)c2cccc(C)c2C)c(F)c1. The Morgan fingerprint density at radius 3 is 2.25 bits per heavy atom. The van der Waals surface area contributed by atoms with Crippen molar-refractivity contribution in [3.8, 4) is 5.75 Å². The molecule has 0 spiro atoms. The molecular formula is C16H15BrF2O. The molecule has 0 amide bonds. The third kappa shape index (κ3) is 2.70. The fraction of sp³-hybridized carbons (Fsp3) is 0.250. The summed E-state index contributed by atoms with van der Waals surface area (Å²) in [5.41, 5.74) is 2.96. The fourth-order valence-electron chi connectivity index (χ4n) is 2.12. The molecule has 0 N–H and O–H groups in total. The van der Waals surface area contributed by atoms with Gasteiger partial charge in [-0.05, 0) is 30.5 Å². The van der Waals surface area contributed by atoms with Gasteiger partial charge in [0.2, 0.25) is 0 Å². The second-order valence-electron chi connectivity index (χ2n) is 4.66. The molecule has 0 aromatic heterocycles. The Kier molecular flexibility index (Phi) is 4.43. The molecule has 2 aromatic rings. The zero-order valence-corrected chi connectivity index (χ0v) is 13.1. The normalized spacial score (nSPS) is 12.3. The van der Waals surface area contributed by atoms with Gasteiger partial charge in [0.25, 0.3) is 0 Å². The number of benzene rings is 2. The molecule has 1 atom stereocenters. The van der Waals surface area contributed by atoms with Crippen LogP contribution in [0.2, 0.25) is 0 Å². The van der Waals surface area contributed by atoms with E-state index in [2.05, 4.69) is 15.9 Å². The molecule has 4 heteroatoms. The molecular weight excluding hydrogens is 326 g/mol. The van der Waals surface area contributed by atoms with Gasteiger partial charge in [0, 0.05) is 17.7 Å². The smallest absolute Gasteiger partial charge is 0.134 e. The van der Waals surface area contributed by atoms with Crippen molar-refractivity contribution >= 4 is 15.9 Å². The quantitative estimate of drug-likeness (QED) is 0.708. The second kappa shape index (κ2) is 5.92. The van der Waals surface area contributed by atoms with Crippen LogP contribution in [0.3, 0.4) is 0 Å². The molecule has 20 heavy (non-hydrogen) atoms. The molecule has 0 aliphatic rings. The van der Waals surface area contributed by atoms with Crippen LogP contribution < -0.4 is 4.74 Å². The predicted molar refractivity (Wildman–Crippen MR) is 79.6 cm³/mol. The van der Waals surface area contributed by atoms with Crippen molar-refractivity contribution in [2.45, 2.75) is 18.7 Å². The van der Waals surface area contributed by atoms with Crippen molar-refractivity contribution in [3.63, 3.8) is 0 Å². The van der Waals surface area contributed by atoms with Gasteiger partial charge in [-0.2, -0.15) is 0 Å². The van der Waals surface area contributed by atoms with E-state index in [4.69, 9.17) is 4.74 Å². The number of methoxy groups -OCH3 is 1. The fourth-order valence-corrected chi connectivity index (χ4v) is 3.06. The van der Waals surface area contributed by atoms with Crippen LogP contribution in [0.15, 0.2) is 30.3 Å². The highest BCUT2D eigenvalue weighted by atomic mass is 79.9. The minimum Gasteiger partial charge on any atom is -0.497 e. The van der Waals surface area contributed by atoms with Crippen LogP contribution in [0.5, 0.6) is 5.75 Å². The Morgan fingerprint density at radius 2 is 1.70 bits per heavy atom. The Balaban J connectivity index is 2.54. The Hall–Kier alpha value is -1.42. The van der Waals surface area contributed by atoms with Crippen molar-refractivity contribution in [2.24, 2.45) is 0 Å². The Bertz CT molecular complexity index is 617. The minimum atomic E-state index is -0.621. The highest BCUT2D eigenvalue weighted by Crippen LogP contribution is 2.37. The van der Waals surface area contributed by atoms with Crippen LogP contribution in [-0.2, 0) is 0 Å². The van der Waals surface area contributed by atoms with Crippen LogP contribution in [0.25, 0.3) is 0 Å². The van der Waals surface area contributed by atoms with Crippen molar-refractivity contribution in [2.75, 3.05) is 7.11 Å². The molecule has 2 aromatic carbocycles. The largest absolute Gasteiger partial charge is 0.497 e. The van der Waals surface area contributed by atoms with E-state index in [1.807, 2.05) is 32.0 Å². The number of ether oxygens (including phenoxy) is 1. The van der Waals surface area contributed by atoms with Crippen LogP contribution in [0.1, 0.15) is 27.1 Å². The lowest BCUT2D eigenvalue weighted by atomic mass is 9.96. The summed E-state index contributed by atoms with van der Waals surface area (Å²) in [6.45, 7) is 3.91. The first-order valence-corrected chi connectivity index (χ1v) is 7.10. The molecule has 2 rings (SSSR count). The molecule has 0 bridgehead atoms. The van der Waals surface area contributed by atoms with E-state index in [-0.39, 0.29) is 11.3 Å². The summed E-state index contributed by atoms with van der Waals surface area (Å²) in [6, 6.07) is 8.10. The summed E-state index contributed by atoms with van der Waals surface area (Å²) in [5, 5.41) is 0. The molecule has 0 radical (unpaired) electrons. The van der Waals surface area contributed by atoms with Crippen LogP contribution in [0, 0.1) is 25.5 Å². The standard InChI is InChI=1S/C16H15BrF2O/c1-9-5-4-6-12(10(9)2)16(17)15-13(18)7-11(20-3)8-14(15)19/h4-8,16H,1-3H3. The first-order valence-electron chi connectivity index (χ1n) is 6.18. The lowest BCUT2D eigenvalue weighted by molar-refractivity contribution is 0.405.